The molecule has 0 unspecified atom stereocenters. The highest BCUT2D eigenvalue weighted by atomic mass is 32.2. The molecule has 0 saturated carbocycles. The summed E-state index contributed by atoms with van der Waals surface area (Å²) in [5.41, 5.74) is 1.56. The van der Waals surface area contributed by atoms with Crippen LogP contribution in [-0.4, -0.2) is 27.4 Å². The molecule has 2 heterocycles. The van der Waals surface area contributed by atoms with Crippen molar-refractivity contribution in [2.24, 2.45) is 0 Å². The monoisotopic (exact) mass is 415 g/mol. The minimum absolute atomic E-state index is 0.285. The molecule has 0 aliphatic carbocycles. The van der Waals surface area contributed by atoms with Crippen molar-refractivity contribution >= 4 is 33.9 Å². The van der Waals surface area contributed by atoms with Gasteiger partial charge in [-0.1, -0.05) is 40.4 Å². The number of nitrogens with one attached hydrogen (secondary N) is 1. The summed E-state index contributed by atoms with van der Waals surface area (Å²) in [4.78, 5) is 4.40. The highest BCUT2D eigenvalue weighted by Crippen LogP contribution is 2.30. The number of nitrogens with zero attached hydrogens (tertiary/aromatic N) is 4. The van der Waals surface area contributed by atoms with E-state index < -0.39 is 0 Å². The summed E-state index contributed by atoms with van der Waals surface area (Å²) in [7, 11) is 1.61. The van der Waals surface area contributed by atoms with Crippen molar-refractivity contribution in [3.8, 4) is 17.1 Å². The first-order valence-electron chi connectivity index (χ1n) is 8.15. The fourth-order valence-corrected chi connectivity index (χ4v) is 3.90. The lowest BCUT2D eigenvalue weighted by Crippen LogP contribution is -1.89. The maximum atomic E-state index is 13.0. The van der Waals surface area contributed by atoms with Gasteiger partial charge < -0.3 is 14.6 Å². The molecule has 0 bridgehead atoms. The van der Waals surface area contributed by atoms with Crippen LogP contribution in [0, 0.1) is 5.82 Å². The Morgan fingerprint density at radius 3 is 2.86 bits per heavy atom. The summed E-state index contributed by atoms with van der Waals surface area (Å²) >= 11 is 2.84. The van der Waals surface area contributed by atoms with Crippen molar-refractivity contribution in [3.63, 3.8) is 0 Å². The van der Waals surface area contributed by atoms with E-state index in [9.17, 15) is 4.39 Å². The van der Waals surface area contributed by atoms with Crippen molar-refractivity contribution in [1.82, 2.24) is 20.3 Å². The summed E-state index contributed by atoms with van der Waals surface area (Å²) in [5.74, 6) is 1.92. The normalized spacial score (nSPS) is 10.8. The van der Waals surface area contributed by atoms with Gasteiger partial charge in [-0.2, -0.15) is 4.98 Å². The zero-order valence-electron chi connectivity index (χ0n) is 14.6. The van der Waals surface area contributed by atoms with Gasteiger partial charge in [0.1, 0.15) is 11.6 Å². The number of anilines is 2. The van der Waals surface area contributed by atoms with Crippen molar-refractivity contribution in [2.75, 3.05) is 12.4 Å². The fourth-order valence-electron chi connectivity index (χ4n) is 2.29. The molecule has 142 valence electrons. The van der Waals surface area contributed by atoms with Gasteiger partial charge in [0.25, 0.3) is 0 Å². The molecule has 0 aliphatic heterocycles. The molecule has 2 aromatic heterocycles. The molecule has 0 amide bonds. The molecule has 0 spiro atoms. The quantitative estimate of drug-likeness (QED) is 0.432. The smallest absolute Gasteiger partial charge is 0.237 e. The average Bonchev–Trinajstić information content (AvgIpc) is 3.38. The summed E-state index contributed by atoms with van der Waals surface area (Å²) in [6.07, 6.45) is 0. The largest absolute Gasteiger partial charge is 0.497 e. The summed E-state index contributed by atoms with van der Waals surface area (Å²) < 4.78 is 24.2. The Kier molecular flexibility index (Phi) is 5.49. The second kappa shape index (κ2) is 8.36. The maximum absolute atomic E-state index is 13.0. The highest BCUT2D eigenvalue weighted by molar-refractivity contribution is 8.00. The van der Waals surface area contributed by atoms with E-state index in [1.165, 1.54) is 35.2 Å². The molecule has 7 nitrogen and oxygen atoms in total. The lowest BCUT2D eigenvalue weighted by molar-refractivity contribution is 0.391. The van der Waals surface area contributed by atoms with E-state index >= 15 is 0 Å². The number of aromatic nitrogens is 4. The summed E-state index contributed by atoms with van der Waals surface area (Å²) in [5, 5.41) is 15.9. The van der Waals surface area contributed by atoms with E-state index in [0.717, 1.165) is 21.3 Å². The number of rotatable bonds is 7. The minimum Gasteiger partial charge on any atom is -0.497 e. The van der Waals surface area contributed by atoms with Crippen molar-refractivity contribution in [3.05, 3.63) is 60.2 Å². The number of halogens is 1. The van der Waals surface area contributed by atoms with Crippen LogP contribution in [0.15, 0.2) is 57.4 Å². The molecule has 28 heavy (non-hydrogen) atoms. The van der Waals surface area contributed by atoms with Crippen LogP contribution in [0.25, 0.3) is 11.4 Å². The molecule has 0 radical (unpaired) electrons. The van der Waals surface area contributed by atoms with Crippen molar-refractivity contribution in [2.45, 2.75) is 10.1 Å². The second-order valence-electron chi connectivity index (χ2n) is 5.54. The first-order valence-corrected chi connectivity index (χ1v) is 9.96. The van der Waals surface area contributed by atoms with Gasteiger partial charge >= 0.3 is 0 Å². The summed E-state index contributed by atoms with van der Waals surface area (Å²) in [6, 6.07) is 13.5. The third-order valence-electron chi connectivity index (χ3n) is 3.62. The number of thioether (sulfide) groups is 1. The second-order valence-corrected chi connectivity index (χ2v) is 7.74. The lowest BCUT2D eigenvalue weighted by Gasteiger charge is -2.00. The van der Waals surface area contributed by atoms with Gasteiger partial charge in [-0.25, -0.2) is 4.39 Å². The Hall–Kier alpha value is -2.98. The van der Waals surface area contributed by atoms with Crippen LogP contribution in [0.1, 0.15) is 5.89 Å². The van der Waals surface area contributed by atoms with Gasteiger partial charge in [0, 0.05) is 11.3 Å². The third-order valence-corrected chi connectivity index (χ3v) is 5.57. The van der Waals surface area contributed by atoms with Gasteiger partial charge in [-0.15, -0.1) is 10.2 Å². The predicted octanol–water partition coefficient (Wildman–Crippen LogP) is 4.77. The topological polar surface area (TPSA) is 86.0 Å². The van der Waals surface area contributed by atoms with Crippen molar-refractivity contribution in [1.29, 1.82) is 0 Å². The Morgan fingerprint density at radius 2 is 2.04 bits per heavy atom. The molecule has 0 fully saturated rings. The van der Waals surface area contributed by atoms with E-state index in [-0.39, 0.29) is 5.82 Å². The molecule has 10 heteroatoms. The van der Waals surface area contributed by atoms with Gasteiger partial charge in [-0.05, 0) is 36.4 Å². The van der Waals surface area contributed by atoms with E-state index in [1.807, 2.05) is 24.3 Å². The standard InChI is InChI=1S/C18H14FN5O2S2/c1-25-14-4-2-3-11(9-14)16-21-15(26-24-16)10-27-18-23-22-17(28-18)20-13-7-5-12(19)6-8-13/h2-9H,10H2,1H3,(H,20,22). The molecule has 0 aliphatic rings. The van der Waals surface area contributed by atoms with E-state index in [0.29, 0.717) is 22.6 Å². The van der Waals surface area contributed by atoms with Gasteiger partial charge in [0.2, 0.25) is 16.8 Å². The van der Waals surface area contributed by atoms with Crippen LogP contribution in [0.4, 0.5) is 15.2 Å². The zero-order chi connectivity index (χ0) is 19.3. The first-order chi connectivity index (χ1) is 13.7. The Morgan fingerprint density at radius 1 is 1.18 bits per heavy atom. The molecule has 4 rings (SSSR count). The third kappa shape index (κ3) is 4.46. The zero-order valence-corrected chi connectivity index (χ0v) is 16.3. The maximum Gasteiger partial charge on any atom is 0.237 e. The number of hydrogen-bond acceptors (Lipinski definition) is 9. The van der Waals surface area contributed by atoms with Crippen LogP contribution in [0.2, 0.25) is 0 Å². The van der Waals surface area contributed by atoms with Gasteiger partial charge in [0.05, 0.1) is 12.9 Å². The molecule has 0 atom stereocenters. The Bertz CT molecular complexity index is 1070. The predicted molar refractivity (Wildman–Crippen MR) is 105 cm³/mol. The number of benzene rings is 2. The lowest BCUT2D eigenvalue weighted by atomic mass is 10.2. The molecular formula is C18H14FN5O2S2. The molecular weight excluding hydrogens is 401 g/mol. The number of ether oxygens (including phenoxy) is 1. The van der Waals surface area contributed by atoms with E-state index in [4.69, 9.17) is 9.26 Å². The molecule has 1 N–H and O–H groups in total. The number of hydrogen-bond donors (Lipinski definition) is 1. The summed E-state index contributed by atoms with van der Waals surface area (Å²) in [6.45, 7) is 0. The van der Waals surface area contributed by atoms with E-state index in [2.05, 4.69) is 25.7 Å². The average molecular weight is 415 g/mol. The van der Waals surface area contributed by atoms with Gasteiger partial charge in [0.15, 0.2) is 4.34 Å². The Labute approximate surface area is 168 Å². The highest BCUT2D eigenvalue weighted by Gasteiger charge is 2.12. The van der Waals surface area contributed by atoms with Crippen molar-refractivity contribution < 1.29 is 13.7 Å². The molecule has 0 saturated heterocycles. The minimum atomic E-state index is -0.285. The first kappa shape index (κ1) is 18.4. The number of methoxy groups -OCH3 is 1. The molecule has 4 aromatic rings. The van der Waals surface area contributed by atoms with Gasteiger partial charge in [-0.3, -0.25) is 0 Å². The van der Waals surface area contributed by atoms with Crippen LogP contribution in [0.3, 0.4) is 0 Å². The molecule has 2 aromatic carbocycles. The van der Waals surface area contributed by atoms with Crippen LogP contribution >= 0.6 is 23.1 Å². The van der Waals surface area contributed by atoms with E-state index in [1.54, 1.807) is 19.2 Å². The van der Waals surface area contributed by atoms with Crippen LogP contribution < -0.4 is 10.1 Å². The fraction of sp³-hybridized carbons (Fsp3) is 0.111. The SMILES string of the molecule is COc1cccc(-c2noc(CSc3nnc(Nc4ccc(F)cc4)s3)n2)c1. The Balaban J connectivity index is 1.37. The van der Waals surface area contributed by atoms with Crippen LogP contribution in [-0.2, 0) is 5.75 Å². The van der Waals surface area contributed by atoms with Crippen LogP contribution in [0.5, 0.6) is 5.75 Å².